The molecule has 1 N–H and O–H groups in total. The SMILES string of the molecule is CCSc1ccccc1C(=O)Nc1cccc2nc(C)ccc12. The average Bonchev–Trinajstić information content (AvgIpc) is 2.55. The van der Waals surface area contributed by atoms with Crippen LogP contribution in [0, 0.1) is 6.92 Å². The van der Waals surface area contributed by atoms with Gasteiger partial charge in [0.2, 0.25) is 0 Å². The molecule has 0 radical (unpaired) electrons. The van der Waals surface area contributed by atoms with E-state index in [0.29, 0.717) is 5.56 Å². The summed E-state index contributed by atoms with van der Waals surface area (Å²) >= 11 is 1.67. The summed E-state index contributed by atoms with van der Waals surface area (Å²) in [6.07, 6.45) is 0. The summed E-state index contributed by atoms with van der Waals surface area (Å²) in [4.78, 5) is 18.2. The zero-order chi connectivity index (χ0) is 16.2. The first-order chi connectivity index (χ1) is 11.2. The Kier molecular flexibility index (Phi) is 4.63. The highest BCUT2D eigenvalue weighted by atomic mass is 32.2. The van der Waals surface area contributed by atoms with Crippen molar-refractivity contribution >= 4 is 34.3 Å². The van der Waals surface area contributed by atoms with Crippen LogP contribution in [0.5, 0.6) is 0 Å². The Morgan fingerprint density at radius 2 is 1.91 bits per heavy atom. The molecule has 0 bridgehead atoms. The van der Waals surface area contributed by atoms with Gasteiger partial charge in [-0.15, -0.1) is 11.8 Å². The first-order valence-electron chi connectivity index (χ1n) is 7.58. The molecule has 116 valence electrons. The summed E-state index contributed by atoms with van der Waals surface area (Å²) in [5, 5.41) is 3.98. The fourth-order valence-corrected chi connectivity index (χ4v) is 3.29. The van der Waals surface area contributed by atoms with Crippen LogP contribution in [-0.4, -0.2) is 16.6 Å². The second kappa shape index (κ2) is 6.84. The summed E-state index contributed by atoms with van der Waals surface area (Å²) in [5.41, 5.74) is 3.34. The van der Waals surface area contributed by atoms with E-state index in [2.05, 4.69) is 17.2 Å². The molecular formula is C19H18N2OS. The molecule has 2 aromatic carbocycles. The lowest BCUT2D eigenvalue weighted by molar-refractivity contribution is 0.102. The Labute approximate surface area is 140 Å². The van der Waals surface area contributed by atoms with Gasteiger partial charge in [0.1, 0.15) is 0 Å². The normalized spacial score (nSPS) is 10.7. The molecule has 4 heteroatoms. The van der Waals surface area contributed by atoms with Crippen LogP contribution in [-0.2, 0) is 0 Å². The lowest BCUT2D eigenvalue weighted by Gasteiger charge is -2.11. The number of carbonyl (C=O) groups is 1. The third kappa shape index (κ3) is 3.37. The third-order valence-corrected chi connectivity index (χ3v) is 4.51. The maximum atomic E-state index is 12.7. The zero-order valence-electron chi connectivity index (χ0n) is 13.2. The number of aromatic nitrogens is 1. The average molecular weight is 322 g/mol. The molecule has 1 heterocycles. The maximum absolute atomic E-state index is 12.7. The van der Waals surface area contributed by atoms with Crippen LogP contribution in [0.15, 0.2) is 59.5 Å². The number of benzene rings is 2. The molecular weight excluding hydrogens is 304 g/mol. The van der Waals surface area contributed by atoms with Crippen LogP contribution in [0.2, 0.25) is 0 Å². The summed E-state index contributed by atoms with van der Waals surface area (Å²) in [6, 6.07) is 17.4. The number of fused-ring (bicyclic) bond motifs is 1. The van der Waals surface area contributed by atoms with Crippen molar-refractivity contribution in [2.24, 2.45) is 0 Å². The summed E-state index contributed by atoms with van der Waals surface area (Å²) in [5.74, 6) is 0.844. The molecule has 1 amide bonds. The summed E-state index contributed by atoms with van der Waals surface area (Å²) in [6.45, 7) is 4.04. The van der Waals surface area contributed by atoms with E-state index in [1.807, 2.05) is 61.5 Å². The molecule has 0 fully saturated rings. The molecule has 0 unspecified atom stereocenters. The number of hydrogen-bond donors (Lipinski definition) is 1. The van der Waals surface area contributed by atoms with Crippen LogP contribution >= 0.6 is 11.8 Å². The fourth-order valence-electron chi connectivity index (χ4n) is 2.49. The molecule has 3 aromatic rings. The van der Waals surface area contributed by atoms with Gasteiger partial charge in [0.05, 0.1) is 16.8 Å². The maximum Gasteiger partial charge on any atom is 0.256 e. The number of nitrogens with zero attached hydrogens (tertiary/aromatic N) is 1. The lowest BCUT2D eigenvalue weighted by atomic mass is 10.1. The van der Waals surface area contributed by atoms with Gasteiger partial charge in [-0.3, -0.25) is 9.78 Å². The Bertz CT molecular complexity index is 861. The second-order valence-corrected chi connectivity index (χ2v) is 6.51. The van der Waals surface area contributed by atoms with Gasteiger partial charge in [-0.2, -0.15) is 0 Å². The monoisotopic (exact) mass is 322 g/mol. The molecule has 3 nitrogen and oxygen atoms in total. The van der Waals surface area contributed by atoms with Crippen LogP contribution < -0.4 is 5.32 Å². The van der Waals surface area contributed by atoms with E-state index in [1.54, 1.807) is 11.8 Å². The van der Waals surface area contributed by atoms with E-state index in [0.717, 1.165) is 32.9 Å². The van der Waals surface area contributed by atoms with Crippen LogP contribution in [0.1, 0.15) is 23.0 Å². The van der Waals surface area contributed by atoms with Gasteiger partial charge in [-0.05, 0) is 49.1 Å². The van der Waals surface area contributed by atoms with Crippen molar-refractivity contribution in [1.82, 2.24) is 4.98 Å². The van der Waals surface area contributed by atoms with Gasteiger partial charge in [0, 0.05) is 16.0 Å². The van der Waals surface area contributed by atoms with Crippen LogP contribution in [0.3, 0.4) is 0 Å². The molecule has 0 aliphatic rings. The Morgan fingerprint density at radius 3 is 2.74 bits per heavy atom. The van der Waals surface area contributed by atoms with Crippen LogP contribution in [0.4, 0.5) is 5.69 Å². The van der Waals surface area contributed by atoms with Crippen molar-refractivity contribution in [2.75, 3.05) is 11.1 Å². The van der Waals surface area contributed by atoms with E-state index in [1.165, 1.54) is 0 Å². The van der Waals surface area contributed by atoms with Crippen molar-refractivity contribution in [3.63, 3.8) is 0 Å². The first kappa shape index (κ1) is 15.6. The highest BCUT2D eigenvalue weighted by Gasteiger charge is 2.12. The van der Waals surface area contributed by atoms with E-state index in [-0.39, 0.29) is 5.91 Å². The smallest absolute Gasteiger partial charge is 0.256 e. The van der Waals surface area contributed by atoms with Gasteiger partial charge in [-0.25, -0.2) is 0 Å². The van der Waals surface area contributed by atoms with E-state index in [4.69, 9.17) is 0 Å². The minimum absolute atomic E-state index is 0.0883. The fraction of sp³-hybridized carbons (Fsp3) is 0.158. The number of amides is 1. The van der Waals surface area contributed by atoms with Crippen molar-refractivity contribution < 1.29 is 4.79 Å². The van der Waals surface area contributed by atoms with Crippen LogP contribution in [0.25, 0.3) is 10.9 Å². The topological polar surface area (TPSA) is 42.0 Å². The van der Waals surface area contributed by atoms with Gasteiger partial charge in [-0.1, -0.05) is 25.1 Å². The number of thioether (sulfide) groups is 1. The third-order valence-electron chi connectivity index (χ3n) is 3.55. The predicted octanol–water partition coefficient (Wildman–Crippen LogP) is 4.91. The van der Waals surface area contributed by atoms with Crippen molar-refractivity contribution in [3.05, 3.63) is 65.9 Å². The van der Waals surface area contributed by atoms with Gasteiger partial charge in [0.25, 0.3) is 5.91 Å². The van der Waals surface area contributed by atoms with Crippen molar-refractivity contribution in [1.29, 1.82) is 0 Å². The number of anilines is 1. The molecule has 0 saturated heterocycles. The van der Waals surface area contributed by atoms with Gasteiger partial charge >= 0.3 is 0 Å². The quantitative estimate of drug-likeness (QED) is 0.694. The predicted molar refractivity (Wildman–Crippen MR) is 97.3 cm³/mol. The Hall–Kier alpha value is -2.33. The number of rotatable bonds is 4. The molecule has 0 atom stereocenters. The van der Waals surface area contributed by atoms with E-state index >= 15 is 0 Å². The largest absolute Gasteiger partial charge is 0.321 e. The molecule has 0 aliphatic heterocycles. The molecule has 1 aromatic heterocycles. The summed E-state index contributed by atoms with van der Waals surface area (Å²) < 4.78 is 0. The number of hydrogen-bond acceptors (Lipinski definition) is 3. The number of carbonyl (C=O) groups excluding carboxylic acids is 1. The standard InChI is InChI=1S/C19H18N2OS/c1-3-23-18-10-5-4-7-15(18)19(22)21-17-9-6-8-16-14(17)12-11-13(2)20-16/h4-12H,3H2,1-2H3,(H,21,22). The van der Waals surface area contributed by atoms with Gasteiger partial charge in [0.15, 0.2) is 0 Å². The van der Waals surface area contributed by atoms with Crippen molar-refractivity contribution in [2.45, 2.75) is 18.7 Å². The Balaban J connectivity index is 1.95. The molecule has 0 saturated carbocycles. The lowest BCUT2D eigenvalue weighted by Crippen LogP contribution is -2.13. The molecule has 0 spiro atoms. The summed E-state index contributed by atoms with van der Waals surface area (Å²) in [7, 11) is 0. The van der Waals surface area contributed by atoms with E-state index in [9.17, 15) is 4.79 Å². The minimum atomic E-state index is -0.0883. The number of pyridine rings is 1. The molecule has 23 heavy (non-hydrogen) atoms. The highest BCUT2D eigenvalue weighted by Crippen LogP contribution is 2.26. The molecule has 3 rings (SSSR count). The highest BCUT2D eigenvalue weighted by molar-refractivity contribution is 7.99. The van der Waals surface area contributed by atoms with Crippen molar-refractivity contribution in [3.8, 4) is 0 Å². The van der Waals surface area contributed by atoms with Gasteiger partial charge < -0.3 is 5.32 Å². The first-order valence-corrected chi connectivity index (χ1v) is 8.57. The van der Waals surface area contributed by atoms with E-state index < -0.39 is 0 Å². The minimum Gasteiger partial charge on any atom is -0.321 e. The Morgan fingerprint density at radius 1 is 1.09 bits per heavy atom. The second-order valence-electron chi connectivity index (χ2n) is 5.21. The number of nitrogens with one attached hydrogen (secondary N) is 1. The molecule has 0 aliphatic carbocycles. The number of aryl methyl sites for hydroxylation is 1. The zero-order valence-corrected chi connectivity index (χ0v) is 14.0.